The van der Waals surface area contributed by atoms with Crippen molar-refractivity contribution in [2.75, 3.05) is 42.8 Å². The Morgan fingerprint density at radius 1 is 0.812 bits per heavy atom. The fourth-order valence-electron chi connectivity index (χ4n) is 3.07. The number of rotatable bonds is 10. The Balaban J connectivity index is 1.53. The molecule has 3 N–H and O–H groups in total. The van der Waals surface area contributed by atoms with Gasteiger partial charge in [-0.1, -0.05) is 54.6 Å². The van der Waals surface area contributed by atoms with Crippen LogP contribution in [0.15, 0.2) is 78.9 Å². The van der Waals surface area contributed by atoms with Crippen molar-refractivity contribution in [2.45, 2.75) is 6.42 Å². The normalized spacial score (nSPS) is 10.3. The molecule has 0 spiro atoms. The van der Waals surface area contributed by atoms with E-state index in [0.717, 1.165) is 17.7 Å². The summed E-state index contributed by atoms with van der Waals surface area (Å²) in [6.45, 7) is 0.589. The average molecular weight is 434 g/mol. The minimum Gasteiger partial charge on any atom is -0.447 e. The van der Waals surface area contributed by atoms with Gasteiger partial charge in [0.25, 0.3) is 0 Å². The highest BCUT2D eigenvalue weighted by molar-refractivity contribution is 5.94. The zero-order valence-electron chi connectivity index (χ0n) is 18.0. The maximum Gasteiger partial charge on any atom is 0.411 e. The Bertz CT molecular complexity index is 1020. The van der Waals surface area contributed by atoms with E-state index >= 15 is 0 Å². The van der Waals surface area contributed by atoms with Crippen LogP contribution in [0.1, 0.15) is 11.1 Å². The summed E-state index contributed by atoms with van der Waals surface area (Å²) >= 11 is 0. The number of hydrogen-bond donors (Lipinski definition) is 3. The molecule has 0 saturated heterocycles. The molecule has 3 rings (SSSR count). The monoisotopic (exact) mass is 433 g/mol. The number of carbonyl (C=O) groups is 2. The lowest BCUT2D eigenvalue weighted by atomic mass is 10.0. The van der Waals surface area contributed by atoms with Crippen molar-refractivity contribution in [3.63, 3.8) is 0 Å². The first-order valence-corrected chi connectivity index (χ1v) is 10.3. The number of carbonyl (C=O) groups excluding carboxylic acids is 2. The van der Waals surface area contributed by atoms with Crippen molar-refractivity contribution in [1.29, 1.82) is 0 Å². The van der Waals surface area contributed by atoms with Gasteiger partial charge < -0.3 is 20.1 Å². The van der Waals surface area contributed by atoms with Crippen molar-refractivity contribution in [2.24, 2.45) is 0 Å². The molecule has 0 radical (unpaired) electrons. The smallest absolute Gasteiger partial charge is 0.411 e. The summed E-state index contributed by atoms with van der Waals surface area (Å²) < 4.78 is 9.83. The molecule has 0 heterocycles. The SMILES string of the molecule is COCCOC(=O)Nc1cccc(NCC(=O)Nc2ccccc2Cc2ccccc2)c1. The number of ether oxygens (including phenoxy) is 2. The lowest BCUT2D eigenvalue weighted by molar-refractivity contribution is -0.114. The lowest BCUT2D eigenvalue weighted by Gasteiger charge is -2.13. The molecule has 7 nitrogen and oxygen atoms in total. The van der Waals surface area contributed by atoms with Crippen LogP contribution in [-0.4, -0.2) is 38.9 Å². The molecule has 0 atom stereocenters. The van der Waals surface area contributed by atoms with E-state index in [1.807, 2.05) is 48.5 Å². The van der Waals surface area contributed by atoms with Crippen LogP contribution < -0.4 is 16.0 Å². The number of hydrogen-bond acceptors (Lipinski definition) is 5. The van der Waals surface area contributed by atoms with Gasteiger partial charge in [-0.2, -0.15) is 0 Å². The molecule has 3 aromatic rings. The molecule has 0 bridgehead atoms. The first kappa shape index (κ1) is 22.8. The molecular formula is C25H27N3O4. The highest BCUT2D eigenvalue weighted by Crippen LogP contribution is 2.19. The molecule has 0 saturated carbocycles. The molecule has 7 heteroatoms. The molecule has 3 aromatic carbocycles. The van der Waals surface area contributed by atoms with E-state index in [-0.39, 0.29) is 19.1 Å². The Morgan fingerprint density at radius 2 is 1.56 bits per heavy atom. The van der Waals surface area contributed by atoms with Crippen LogP contribution >= 0.6 is 0 Å². The molecule has 166 valence electrons. The molecule has 0 aromatic heterocycles. The van der Waals surface area contributed by atoms with Crippen LogP contribution in [0.2, 0.25) is 0 Å². The summed E-state index contributed by atoms with van der Waals surface area (Å²) in [4.78, 5) is 24.3. The first-order chi connectivity index (χ1) is 15.6. The predicted molar refractivity (Wildman–Crippen MR) is 126 cm³/mol. The van der Waals surface area contributed by atoms with Crippen LogP contribution in [0.4, 0.5) is 21.9 Å². The highest BCUT2D eigenvalue weighted by Gasteiger charge is 2.08. The van der Waals surface area contributed by atoms with Crippen LogP contribution in [0.3, 0.4) is 0 Å². The van der Waals surface area contributed by atoms with Gasteiger partial charge in [-0.05, 0) is 41.8 Å². The van der Waals surface area contributed by atoms with E-state index in [9.17, 15) is 9.59 Å². The minimum atomic E-state index is -0.563. The van der Waals surface area contributed by atoms with Crippen LogP contribution in [0.25, 0.3) is 0 Å². The van der Waals surface area contributed by atoms with Crippen molar-refractivity contribution < 1.29 is 19.1 Å². The second kappa shape index (κ2) is 12.1. The Hall–Kier alpha value is -3.84. The van der Waals surface area contributed by atoms with Crippen molar-refractivity contribution in [3.05, 3.63) is 90.0 Å². The fourth-order valence-corrected chi connectivity index (χ4v) is 3.07. The van der Waals surface area contributed by atoms with E-state index in [0.29, 0.717) is 18.0 Å². The standard InChI is InChI=1S/C25H27N3O4/c1-31-14-15-32-25(30)27-22-12-7-11-21(17-22)26-18-24(29)28-23-13-6-5-10-20(23)16-19-8-3-2-4-9-19/h2-13,17,26H,14-16,18H2,1H3,(H,27,30)(H,28,29). The third kappa shape index (κ3) is 7.45. The average Bonchev–Trinajstić information content (AvgIpc) is 2.80. The van der Waals surface area contributed by atoms with Crippen molar-refractivity contribution in [3.8, 4) is 0 Å². The molecule has 0 aliphatic heterocycles. The molecule has 0 aliphatic rings. The summed E-state index contributed by atoms with van der Waals surface area (Å²) in [5.74, 6) is -0.164. The number of nitrogens with one attached hydrogen (secondary N) is 3. The Labute approximate surface area is 187 Å². The molecule has 0 fully saturated rings. The molecule has 0 unspecified atom stereocenters. The van der Waals surface area contributed by atoms with E-state index in [1.54, 1.807) is 18.2 Å². The first-order valence-electron chi connectivity index (χ1n) is 10.3. The second-order valence-corrected chi connectivity index (χ2v) is 7.06. The van der Waals surface area contributed by atoms with Gasteiger partial charge in [0.2, 0.25) is 5.91 Å². The molecule has 32 heavy (non-hydrogen) atoms. The molecule has 2 amide bonds. The Morgan fingerprint density at radius 3 is 2.38 bits per heavy atom. The van der Waals surface area contributed by atoms with Gasteiger partial charge in [0.1, 0.15) is 6.61 Å². The summed E-state index contributed by atoms with van der Waals surface area (Å²) in [5.41, 5.74) is 4.28. The zero-order valence-corrected chi connectivity index (χ0v) is 18.0. The van der Waals surface area contributed by atoms with Gasteiger partial charge in [-0.3, -0.25) is 10.1 Å². The second-order valence-electron chi connectivity index (χ2n) is 7.06. The lowest BCUT2D eigenvalue weighted by Crippen LogP contribution is -2.22. The summed E-state index contributed by atoms with van der Waals surface area (Å²) in [5, 5.41) is 8.69. The summed E-state index contributed by atoms with van der Waals surface area (Å²) in [6.07, 6.45) is 0.172. The van der Waals surface area contributed by atoms with Crippen LogP contribution in [0, 0.1) is 0 Å². The maximum atomic E-state index is 12.5. The van der Waals surface area contributed by atoms with Gasteiger partial charge in [-0.15, -0.1) is 0 Å². The number of methoxy groups -OCH3 is 1. The summed E-state index contributed by atoms with van der Waals surface area (Å²) in [7, 11) is 1.54. The van der Waals surface area contributed by atoms with Gasteiger partial charge >= 0.3 is 6.09 Å². The van der Waals surface area contributed by atoms with E-state index in [1.165, 1.54) is 12.7 Å². The number of benzene rings is 3. The summed E-state index contributed by atoms with van der Waals surface area (Å²) in [6, 6.07) is 25.0. The quantitative estimate of drug-likeness (QED) is 0.409. The number of anilines is 3. The third-order valence-corrected chi connectivity index (χ3v) is 4.61. The van der Waals surface area contributed by atoms with Crippen molar-refractivity contribution in [1.82, 2.24) is 0 Å². The van der Waals surface area contributed by atoms with Gasteiger partial charge in [0.05, 0.1) is 13.2 Å². The van der Waals surface area contributed by atoms with Crippen molar-refractivity contribution >= 4 is 29.1 Å². The number of amides is 2. The zero-order chi connectivity index (χ0) is 22.6. The highest BCUT2D eigenvalue weighted by atomic mass is 16.6. The van der Waals surface area contributed by atoms with E-state index in [4.69, 9.17) is 9.47 Å². The molecular weight excluding hydrogens is 406 g/mol. The minimum absolute atomic E-state index is 0.0847. The predicted octanol–water partition coefficient (Wildman–Crippen LogP) is 4.52. The van der Waals surface area contributed by atoms with E-state index < -0.39 is 6.09 Å². The van der Waals surface area contributed by atoms with Gasteiger partial charge in [0, 0.05) is 24.2 Å². The maximum absolute atomic E-state index is 12.5. The van der Waals surface area contributed by atoms with Crippen LogP contribution in [-0.2, 0) is 20.7 Å². The molecule has 0 aliphatic carbocycles. The fraction of sp³-hybridized carbons (Fsp3) is 0.200. The topological polar surface area (TPSA) is 88.7 Å². The van der Waals surface area contributed by atoms with Gasteiger partial charge in [-0.25, -0.2) is 4.79 Å². The number of para-hydroxylation sites is 1. The van der Waals surface area contributed by atoms with E-state index in [2.05, 4.69) is 28.1 Å². The van der Waals surface area contributed by atoms with Gasteiger partial charge in [0.15, 0.2) is 0 Å². The largest absolute Gasteiger partial charge is 0.447 e. The van der Waals surface area contributed by atoms with Crippen LogP contribution in [0.5, 0.6) is 0 Å². The Kier molecular flexibility index (Phi) is 8.65. The third-order valence-electron chi connectivity index (χ3n) is 4.61.